The quantitative estimate of drug-likeness (QED) is 0.570. The van der Waals surface area contributed by atoms with Crippen LogP contribution < -0.4 is 14.8 Å². The third-order valence-corrected chi connectivity index (χ3v) is 4.98. The molecule has 156 valence electrons. The summed E-state index contributed by atoms with van der Waals surface area (Å²) < 4.78 is 15.5. The number of anilines is 1. The number of methoxy groups -OCH3 is 2. The van der Waals surface area contributed by atoms with Crippen molar-refractivity contribution < 1.29 is 23.8 Å². The molecule has 0 fully saturated rings. The van der Waals surface area contributed by atoms with Gasteiger partial charge in [-0.3, -0.25) is 10.1 Å². The number of hydrogen-bond donors (Lipinski definition) is 1. The van der Waals surface area contributed by atoms with E-state index in [4.69, 9.17) is 14.2 Å². The SMILES string of the molecule is CCOC(=O)c1ccc(C(=O)Nc2nc(-c3ccc(OC)c(OC)c3)cs2)nc1C. The predicted octanol–water partition coefficient (Wildman–Crippen LogP) is 3.96. The highest BCUT2D eigenvalue weighted by atomic mass is 32.1. The van der Waals surface area contributed by atoms with E-state index in [1.807, 2.05) is 17.5 Å². The molecule has 1 N–H and O–H groups in total. The fourth-order valence-electron chi connectivity index (χ4n) is 2.73. The monoisotopic (exact) mass is 427 g/mol. The topological polar surface area (TPSA) is 99.6 Å². The Morgan fingerprint density at radius 1 is 1.07 bits per heavy atom. The van der Waals surface area contributed by atoms with E-state index >= 15 is 0 Å². The normalized spacial score (nSPS) is 10.4. The number of rotatable bonds is 7. The lowest BCUT2D eigenvalue weighted by Crippen LogP contribution is -2.16. The van der Waals surface area contributed by atoms with Crippen LogP contribution in [0.15, 0.2) is 35.7 Å². The number of pyridine rings is 1. The van der Waals surface area contributed by atoms with Crippen LogP contribution in [0.4, 0.5) is 5.13 Å². The number of aryl methyl sites for hydroxylation is 1. The number of nitrogens with one attached hydrogen (secondary N) is 1. The number of benzene rings is 1. The van der Waals surface area contributed by atoms with Crippen molar-refractivity contribution in [3.8, 4) is 22.8 Å². The Balaban J connectivity index is 1.75. The van der Waals surface area contributed by atoms with Crippen molar-refractivity contribution in [3.05, 3.63) is 52.7 Å². The summed E-state index contributed by atoms with van der Waals surface area (Å²) in [4.78, 5) is 33.1. The molecule has 0 atom stereocenters. The first-order valence-electron chi connectivity index (χ1n) is 9.10. The van der Waals surface area contributed by atoms with Crippen LogP contribution >= 0.6 is 11.3 Å². The van der Waals surface area contributed by atoms with Gasteiger partial charge in [-0.2, -0.15) is 0 Å². The minimum absolute atomic E-state index is 0.184. The average Bonchev–Trinajstić information content (AvgIpc) is 3.21. The van der Waals surface area contributed by atoms with Gasteiger partial charge in [0.2, 0.25) is 0 Å². The van der Waals surface area contributed by atoms with Crippen molar-refractivity contribution in [2.75, 3.05) is 26.1 Å². The Morgan fingerprint density at radius 3 is 2.50 bits per heavy atom. The van der Waals surface area contributed by atoms with Gasteiger partial charge in [0, 0.05) is 10.9 Å². The van der Waals surface area contributed by atoms with Crippen molar-refractivity contribution in [2.24, 2.45) is 0 Å². The molecule has 0 aliphatic carbocycles. The molecule has 2 aromatic heterocycles. The van der Waals surface area contributed by atoms with E-state index in [1.54, 1.807) is 34.1 Å². The molecule has 0 aliphatic heterocycles. The van der Waals surface area contributed by atoms with Gasteiger partial charge in [-0.05, 0) is 44.2 Å². The van der Waals surface area contributed by atoms with Crippen LogP contribution in [0.25, 0.3) is 11.3 Å². The van der Waals surface area contributed by atoms with E-state index in [9.17, 15) is 9.59 Å². The van der Waals surface area contributed by atoms with Crippen LogP contribution in [0.2, 0.25) is 0 Å². The van der Waals surface area contributed by atoms with Crippen molar-refractivity contribution in [2.45, 2.75) is 13.8 Å². The highest BCUT2D eigenvalue weighted by Crippen LogP contribution is 2.33. The maximum Gasteiger partial charge on any atom is 0.339 e. The molecule has 1 aromatic carbocycles. The van der Waals surface area contributed by atoms with Crippen molar-refractivity contribution in [1.29, 1.82) is 0 Å². The number of thiazole rings is 1. The zero-order valence-electron chi connectivity index (χ0n) is 17.0. The average molecular weight is 427 g/mol. The van der Waals surface area contributed by atoms with Gasteiger partial charge in [0.25, 0.3) is 5.91 Å². The molecule has 0 saturated heterocycles. The minimum atomic E-state index is -0.464. The first-order valence-corrected chi connectivity index (χ1v) is 9.98. The Hall–Kier alpha value is -3.46. The molecule has 0 radical (unpaired) electrons. The van der Waals surface area contributed by atoms with E-state index in [2.05, 4.69) is 15.3 Å². The number of ether oxygens (including phenoxy) is 3. The number of carbonyl (C=O) groups is 2. The van der Waals surface area contributed by atoms with Crippen LogP contribution in [-0.4, -0.2) is 42.7 Å². The van der Waals surface area contributed by atoms with Gasteiger partial charge in [0.1, 0.15) is 5.69 Å². The lowest BCUT2D eigenvalue weighted by atomic mass is 10.1. The van der Waals surface area contributed by atoms with Crippen molar-refractivity contribution >= 4 is 28.3 Å². The summed E-state index contributed by atoms with van der Waals surface area (Å²) in [6.45, 7) is 3.65. The zero-order chi connectivity index (χ0) is 21.7. The van der Waals surface area contributed by atoms with E-state index < -0.39 is 11.9 Å². The molecule has 9 heteroatoms. The van der Waals surface area contributed by atoms with E-state index in [0.717, 1.165) is 5.56 Å². The molecule has 0 bridgehead atoms. The molecule has 0 aliphatic rings. The highest BCUT2D eigenvalue weighted by molar-refractivity contribution is 7.14. The lowest BCUT2D eigenvalue weighted by Gasteiger charge is -2.08. The summed E-state index contributed by atoms with van der Waals surface area (Å²) in [5.41, 5.74) is 2.46. The van der Waals surface area contributed by atoms with E-state index in [1.165, 1.54) is 23.5 Å². The number of hydrogen-bond acceptors (Lipinski definition) is 8. The largest absolute Gasteiger partial charge is 0.493 e. The predicted molar refractivity (Wildman–Crippen MR) is 114 cm³/mol. The first kappa shape index (κ1) is 21.3. The van der Waals surface area contributed by atoms with Gasteiger partial charge < -0.3 is 14.2 Å². The van der Waals surface area contributed by atoms with Gasteiger partial charge >= 0.3 is 5.97 Å². The fourth-order valence-corrected chi connectivity index (χ4v) is 3.45. The van der Waals surface area contributed by atoms with Gasteiger partial charge in [-0.15, -0.1) is 11.3 Å². The summed E-state index contributed by atoms with van der Waals surface area (Å²) in [6.07, 6.45) is 0. The summed E-state index contributed by atoms with van der Waals surface area (Å²) >= 11 is 1.29. The van der Waals surface area contributed by atoms with Crippen LogP contribution in [0.3, 0.4) is 0 Å². The summed E-state index contributed by atoms with van der Waals surface area (Å²) in [5, 5.41) is 5.00. The number of carbonyl (C=O) groups excluding carboxylic acids is 2. The molecule has 0 unspecified atom stereocenters. The Labute approximate surface area is 177 Å². The van der Waals surface area contributed by atoms with Crippen LogP contribution in [0, 0.1) is 6.92 Å². The van der Waals surface area contributed by atoms with Gasteiger partial charge in [0.15, 0.2) is 16.6 Å². The minimum Gasteiger partial charge on any atom is -0.493 e. The number of aromatic nitrogens is 2. The molecule has 3 rings (SSSR count). The summed E-state index contributed by atoms with van der Waals surface area (Å²) in [7, 11) is 3.14. The third kappa shape index (κ3) is 4.57. The maximum atomic E-state index is 12.5. The fraction of sp³-hybridized carbons (Fsp3) is 0.238. The summed E-state index contributed by atoms with van der Waals surface area (Å²) in [5.74, 6) is 0.336. The summed E-state index contributed by atoms with van der Waals surface area (Å²) in [6, 6.07) is 8.49. The molecular formula is C21H21N3O5S. The Kier molecular flexibility index (Phi) is 6.63. The van der Waals surface area contributed by atoms with Crippen LogP contribution in [-0.2, 0) is 4.74 Å². The van der Waals surface area contributed by atoms with E-state index in [-0.39, 0.29) is 12.3 Å². The standard InChI is InChI=1S/C21H21N3O5S/c1-5-29-20(26)14-7-8-15(22-12(14)2)19(25)24-21-23-16(11-30-21)13-6-9-17(27-3)18(10-13)28-4/h6-11H,5H2,1-4H3,(H,23,24,25). The second kappa shape index (κ2) is 9.36. The molecule has 0 saturated carbocycles. The molecule has 3 aromatic rings. The van der Waals surface area contributed by atoms with Crippen molar-refractivity contribution in [1.82, 2.24) is 9.97 Å². The molecule has 1 amide bonds. The lowest BCUT2D eigenvalue weighted by molar-refractivity contribution is 0.0524. The number of esters is 1. The molecule has 2 heterocycles. The second-order valence-electron chi connectivity index (χ2n) is 6.11. The molecular weight excluding hydrogens is 406 g/mol. The van der Waals surface area contributed by atoms with Gasteiger partial charge in [-0.1, -0.05) is 0 Å². The maximum absolute atomic E-state index is 12.5. The van der Waals surface area contributed by atoms with E-state index in [0.29, 0.717) is 33.6 Å². The number of amides is 1. The van der Waals surface area contributed by atoms with Crippen molar-refractivity contribution in [3.63, 3.8) is 0 Å². The first-order chi connectivity index (χ1) is 14.5. The van der Waals surface area contributed by atoms with Gasteiger partial charge in [-0.25, -0.2) is 14.8 Å². The zero-order valence-corrected chi connectivity index (χ0v) is 17.8. The molecule has 30 heavy (non-hydrogen) atoms. The Morgan fingerprint density at radius 2 is 1.83 bits per heavy atom. The number of nitrogens with zero attached hydrogens (tertiary/aromatic N) is 2. The van der Waals surface area contributed by atoms with Gasteiger partial charge in [0.05, 0.1) is 37.8 Å². The molecule has 8 nitrogen and oxygen atoms in total. The smallest absolute Gasteiger partial charge is 0.339 e. The highest BCUT2D eigenvalue weighted by Gasteiger charge is 2.16. The second-order valence-corrected chi connectivity index (χ2v) is 6.97. The Bertz CT molecular complexity index is 1080. The third-order valence-electron chi connectivity index (χ3n) is 4.22. The van der Waals surface area contributed by atoms with Crippen LogP contribution in [0.1, 0.15) is 33.5 Å². The molecule has 0 spiro atoms. The van der Waals surface area contributed by atoms with Crippen LogP contribution in [0.5, 0.6) is 11.5 Å².